The van der Waals surface area contributed by atoms with Crippen LogP contribution in [0.5, 0.6) is 0 Å². The highest BCUT2D eigenvalue weighted by molar-refractivity contribution is 7.86. The van der Waals surface area contributed by atoms with Crippen LogP contribution in [0.15, 0.2) is 107 Å². The average Bonchev–Trinajstić information content (AvgIpc) is 2.84. The van der Waals surface area contributed by atoms with Crippen molar-refractivity contribution in [1.29, 1.82) is 0 Å². The van der Waals surface area contributed by atoms with Crippen molar-refractivity contribution in [2.45, 2.75) is 9.79 Å². The molecule has 0 radical (unpaired) electrons. The molecule has 4 rings (SSSR count). The van der Waals surface area contributed by atoms with Crippen molar-refractivity contribution in [2.24, 2.45) is 0 Å². The molecule has 0 bridgehead atoms. The van der Waals surface area contributed by atoms with E-state index < -0.39 is 30.0 Å². The van der Waals surface area contributed by atoms with Gasteiger partial charge in [-0.15, -0.1) is 0 Å². The Bertz CT molecular complexity index is 1460. The number of hydrogen-bond donors (Lipinski definition) is 4. The first kappa shape index (κ1) is 26.6. The monoisotopic (exact) mass is 524 g/mol. The van der Waals surface area contributed by atoms with Gasteiger partial charge in [0.05, 0.1) is 0 Å². The molecule has 6 N–H and O–H groups in total. The van der Waals surface area contributed by atoms with Gasteiger partial charge in [-0.3, -0.25) is 9.11 Å². The lowest BCUT2D eigenvalue weighted by Gasteiger charge is -2.10. The van der Waals surface area contributed by atoms with E-state index in [-0.39, 0.29) is 11.1 Å². The molecule has 0 unspecified atom stereocenters. The molecule has 0 aliphatic heterocycles. The quantitative estimate of drug-likeness (QED) is 0.163. The summed E-state index contributed by atoms with van der Waals surface area (Å²) in [6, 6.07) is 26.3. The second-order valence-electron chi connectivity index (χ2n) is 7.61. The van der Waals surface area contributed by atoms with Gasteiger partial charge in [0, 0.05) is 22.5 Å². The van der Waals surface area contributed by atoms with Crippen molar-refractivity contribution in [1.82, 2.24) is 0 Å². The van der Waals surface area contributed by atoms with Gasteiger partial charge in [0.2, 0.25) is 0 Å². The molecule has 186 valence electrons. The third kappa shape index (κ3) is 7.27. The fourth-order valence-corrected chi connectivity index (χ4v) is 4.65. The lowest BCUT2D eigenvalue weighted by molar-refractivity contribution is 0.480. The normalized spacial score (nSPS) is 11.6. The summed E-state index contributed by atoms with van der Waals surface area (Å²) in [7, 11) is -9.04. The van der Waals surface area contributed by atoms with Crippen LogP contribution in [0.1, 0.15) is 11.1 Å². The molecule has 0 amide bonds. The molecule has 10 heteroatoms. The maximum atomic E-state index is 11.3. The zero-order chi connectivity index (χ0) is 26.3. The topological polar surface area (TPSA) is 161 Å². The smallest absolute Gasteiger partial charge is 0.295 e. The first-order valence-electron chi connectivity index (χ1n) is 10.5. The Hall–Kier alpha value is -3.96. The van der Waals surface area contributed by atoms with Crippen LogP contribution in [-0.2, 0) is 20.2 Å². The summed E-state index contributed by atoms with van der Waals surface area (Å²) < 4.78 is 63.7. The summed E-state index contributed by atoms with van der Waals surface area (Å²) >= 11 is 0. The van der Waals surface area contributed by atoms with Gasteiger partial charge in [-0.1, -0.05) is 72.8 Å². The fraction of sp³-hybridized carbons (Fsp3) is 0. The van der Waals surface area contributed by atoms with E-state index in [0.717, 1.165) is 34.6 Å². The molecule has 0 fully saturated rings. The molecular formula is C26H24N2O6S2. The van der Waals surface area contributed by atoms with Crippen LogP contribution < -0.4 is 11.5 Å². The lowest BCUT2D eigenvalue weighted by atomic mass is 10.1. The van der Waals surface area contributed by atoms with Crippen LogP contribution in [0.2, 0.25) is 0 Å². The second-order valence-corrected chi connectivity index (χ2v) is 10.4. The summed E-state index contributed by atoms with van der Waals surface area (Å²) in [5.74, 6) is 0. The predicted octanol–water partition coefficient (Wildman–Crippen LogP) is 4.87. The first-order valence-corrected chi connectivity index (χ1v) is 13.4. The van der Waals surface area contributed by atoms with Gasteiger partial charge in [0.15, 0.2) is 0 Å². The minimum atomic E-state index is -4.52. The van der Waals surface area contributed by atoms with Crippen LogP contribution in [-0.4, -0.2) is 25.9 Å². The summed E-state index contributed by atoms with van der Waals surface area (Å²) in [6.07, 6.45) is 4.09. The Kier molecular flexibility index (Phi) is 8.28. The standard InChI is InChI=1S/C14H14N2.C12H10O6S2/c15-13-7-3-11(4-8-13)1-2-12-5-9-14(16)10-6-12;13-19(14,15)11-7-3-1-5-9(11)10-6-2-4-8-12(10)20(16,17)18/h1-10H,15-16H2;1-8H,(H,13,14,15)(H,16,17,18). The van der Waals surface area contributed by atoms with Gasteiger partial charge in [-0.25, -0.2) is 0 Å². The van der Waals surface area contributed by atoms with E-state index >= 15 is 0 Å². The Morgan fingerprint density at radius 3 is 1.11 bits per heavy atom. The summed E-state index contributed by atoms with van der Waals surface area (Å²) in [4.78, 5) is -0.868. The maximum Gasteiger partial charge on any atom is 0.295 e. The van der Waals surface area contributed by atoms with Gasteiger partial charge in [-0.05, 0) is 47.5 Å². The van der Waals surface area contributed by atoms with E-state index in [4.69, 9.17) is 11.5 Å². The van der Waals surface area contributed by atoms with Gasteiger partial charge in [-0.2, -0.15) is 16.8 Å². The Morgan fingerprint density at radius 1 is 0.500 bits per heavy atom. The third-order valence-corrected chi connectivity index (χ3v) is 6.78. The van der Waals surface area contributed by atoms with Crippen molar-refractivity contribution in [3.8, 4) is 11.1 Å². The molecule has 0 atom stereocenters. The molecule has 0 aliphatic rings. The molecule has 0 aliphatic carbocycles. The van der Waals surface area contributed by atoms with E-state index in [1.165, 1.54) is 36.4 Å². The van der Waals surface area contributed by atoms with E-state index in [1.807, 2.05) is 60.7 Å². The van der Waals surface area contributed by atoms with Crippen molar-refractivity contribution < 1.29 is 25.9 Å². The number of rotatable bonds is 5. The van der Waals surface area contributed by atoms with E-state index in [0.29, 0.717) is 0 Å². The van der Waals surface area contributed by atoms with Gasteiger partial charge >= 0.3 is 0 Å². The van der Waals surface area contributed by atoms with Crippen molar-refractivity contribution in [3.63, 3.8) is 0 Å². The number of hydrogen-bond acceptors (Lipinski definition) is 6. The number of nitrogens with two attached hydrogens (primary N) is 2. The third-order valence-electron chi connectivity index (χ3n) is 4.96. The van der Waals surface area contributed by atoms with E-state index in [9.17, 15) is 25.9 Å². The molecule has 0 aromatic heterocycles. The van der Waals surface area contributed by atoms with Gasteiger partial charge < -0.3 is 11.5 Å². The second kappa shape index (κ2) is 11.2. The van der Waals surface area contributed by atoms with Crippen molar-refractivity contribution >= 4 is 43.8 Å². The maximum absolute atomic E-state index is 11.3. The molecule has 0 heterocycles. The highest BCUT2D eigenvalue weighted by Crippen LogP contribution is 2.32. The molecule has 0 saturated carbocycles. The van der Waals surface area contributed by atoms with Gasteiger partial charge in [0.25, 0.3) is 20.2 Å². The highest BCUT2D eigenvalue weighted by Gasteiger charge is 2.21. The fourth-order valence-electron chi connectivity index (χ4n) is 3.23. The van der Waals surface area contributed by atoms with Crippen LogP contribution in [0.25, 0.3) is 23.3 Å². The highest BCUT2D eigenvalue weighted by atomic mass is 32.2. The Morgan fingerprint density at radius 2 is 0.806 bits per heavy atom. The van der Waals surface area contributed by atoms with Crippen LogP contribution >= 0.6 is 0 Å². The Labute approximate surface area is 210 Å². The van der Waals surface area contributed by atoms with Crippen LogP contribution in [0, 0.1) is 0 Å². The number of benzene rings is 4. The summed E-state index contributed by atoms with van der Waals surface area (Å²) in [5.41, 5.74) is 15.0. The molecular weight excluding hydrogens is 500 g/mol. The molecule has 0 spiro atoms. The van der Waals surface area contributed by atoms with Gasteiger partial charge in [0.1, 0.15) is 9.79 Å². The molecule has 0 saturated heterocycles. The SMILES string of the molecule is Nc1ccc(C=Cc2ccc(N)cc2)cc1.O=S(=O)(O)c1ccccc1-c1ccccc1S(=O)(=O)O. The van der Waals surface area contributed by atoms with Crippen molar-refractivity contribution in [3.05, 3.63) is 108 Å². The number of nitrogen functional groups attached to an aromatic ring is 2. The Balaban J connectivity index is 0.000000205. The van der Waals surface area contributed by atoms with Crippen molar-refractivity contribution in [2.75, 3.05) is 11.5 Å². The zero-order valence-electron chi connectivity index (χ0n) is 18.9. The van der Waals surface area contributed by atoms with Crippen LogP contribution in [0.3, 0.4) is 0 Å². The minimum absolute atomic E-state index is 0.0109. The molecule has 8 nitrogen and oxygen atoms in total. The predicted molar refractivity (Wildman–Crippen MR) is 142 cm³/mol. The summed E-state index contributed by atoms with van der Waals surface area (Å²) in [5, 5.41) is 0. The lowest BCUT2D eigenvalue weighted by Crippen LogP contribution is -2.04. The molecule has 4 aromatic carbocycles. The molecule has 4 aromatic rings. The average molecular weight is 525 g/mol. The zero-order valence-corrected chi connectivity index (χ0v) is 20.5. The molecule has 36 heavy (non-hydrogen) atoms. The number of anilines is 2. The van der Waals surface area contributed by atoms with E-state index in [1.54, 1.807) is 0 Å². The van der Waals surface area contributed by atoms with Crippen LogP contribution in [0.4, 0.5) is 11.4 Å². The first-order chi connectivity index (χ1) is 16.9. The minimum Gasteiger partial charge on any atom is -0.399 e. The summed E-state index contributed by atoms with van der Waals surface area (Å²) in [6.45, 7) is 0. The largest absolute Gasteiger partial charge is 0.399 e. The van der Waals surface area contributed by atoms with E-state index in [2.05, 4.69) is 0 Å².